The Morgan fingerprint density at radius 3 is 2.67 bits per heavy atom. The molecule has 0 saturated carbocycles. The Hall–Kier alpha value is -1.57. The van der Waals surface area contributed by atoms with Crippen LogP contribution in [-0.2, 0) is 0 Å². The highest BCUT2D eigenvalue weighted by Crippen LogP contribution is 2.29. The first-order valence-corrected chi connectivity index (χ1v) is 5.85. The zero-order chi connectivity index (χ0) is 13.8. The van der Waals surface area contributed by atoms with Gasteiger partial charge in [-0.3, -0.25) is 0 Å². The van der Waals surface area contributed by atoms with Crippen LogP contribution in [0.1, 0.15) is 10.4 Å². The molecule has 0 saturated heterocycles. The molecule has 4 nitrogen and oxygen atoms in total. The first kappa shape index (κ1) is 14.5. The van der Waals surface area contributed by atoms with Crippen molar-refractivity contribution in [2.24, 2.45) is 0 Å². The summed E-state index contributed by atoms with van der Waals surface area (Å²) in [4.78, 5) is 10.9. The maximum atomic E-state index is 11.9. The van der Waals surface area contributed by atoms with Crippen molar-refractivity contribution in [3.05, 3.63) is 23.8 Å². The van der Waals surface area contributed by atoms with Crippen LogP contribution in [0.25, 0.3) is 0 Å². The number of carbonyl (C=O) groups is 1. The summed E-state index contributed by atoms with van der Waals surface area (Å²) in [7, 11) is 0. The molecule has 100 valence electrons. The molecule has 0 spiro atoms. The van der Waals surface area contributed by atoms with Gasteiger partial charge in [-0.05, 0) is 30.0 Å². The number of carboxylic acids is 1. The summed E-state index contributed by atoms with van der Waals surface area (Å²) in [6.07, 6.45) is 0. The predicted octanol–water partition coefficient (Wildman–Crippen LogP) is 2.63. The lowest BCUT2D eigenvalue weighted by molar-refractivity contribution is -0.0327. The molecule has 1 aromatic rings. The van der Waals surface area contributed by atoms with Crippen molar-refractivity contribution < 1.29 is 23.1 Å². The second-order valence-electron chi connectivity index (χ2n) is 3.33. The highest BCUT2D eigenvalue weighted by molar-refractivity contribution is 8.00. The van der Waals surface area contributed by atoms with E-state index in [2.05, 4.69) is 5.32 Å². The quantitative estimate of drug-likeness (QED) is 0.571. The molecule has 0 unspecified atom stereocenters. The van der Waals surface area contributed by atoms with Crippen molar-refractivity contribution in [2.75, 3.05) is 23.3 Å². The lowest BCUT2D eigenvalue weighted by Crippen LogP contribution is -2.12. The number of nitrogens with two attached hydrogens (primary N) is 1. The normalized spacial score (nSPS) is 11.3. The second kappa shape index (κ2) is 5.85. The van der Waals surface area contributed by atoms with Gasteiger partial charge in [0.15, 0.2) is 0 Å². The summed E-state index contributed by atoms with van der Waals surface area (Å²) in [6.45, 7) is -0.00604. The number of anilines is 2. The number of hydrogen-bond donors (Lipinski definition) is 3. The van der Waals surface area contributed by atoms with E-state index in [-0.39, 0.29) is 35.3 Å². The predicted molar refractivity (Wildman–Crippen MR) is 64.8 cm³/mol. The van der Waals surface area contributed by atoms with Crippen molar-refractivity contribution >= 4 is 29.1 Å². The van der Waals surface area contributed by atoms with Crippen LogP contribution >= 0.6 is 11.8 Å². The summed E-state index contributed by atoms with van der Waals surface area (Å²) in [5.74, 6) is -1.38. The standard InChI is InChI=1S/C10H11F3N2O2S/c11-10(12,13)18-4-3-15-8-5-6(14)1-2-7(8)9(16)17/h1-2,5,15H,3-4,14H2,(H,16,17). The summed E-state index contributed by atoms with van der Waals surface area (Å²) < 4.78 is 35.6. The third-order valence-electron chi connectivity index (χ3n) is 1.96. The molecule has 8 heteroatoms. The van der Waals surface area contributed by atoms with E-state index in [1.807, 2.05) is 0 Å². The van der Waals surface area contributed by atoms with Crippen LogP contribution in [0.4, 0.5) is 24.5 Å². The Morgan fingerprint density at radius 2 is 2.11 bits per heavy atom. The fraction of sp³-hybridized carbons (Fsp3) is 0.300. The van der Waals surface area contributed by atoms with Gasteiger partial charge in [0.25, 0.3) is 0 Å². The van der Waals surface area contributed by atoms with Gasteiger partial charge in [-0.1, -0.05) is 0 Å². The number of carboxylic acid groups (broad SMARTS) is 1. The van der Waals surface area contributed by atoms with Gasteiger partial charge in [0.2, 0.25) is 0 Å². The summed E-state index contributed by atoms with van der Waals surface area (Å²) >= 11 is -0.170. The number of thioether (sulfide) groups is 1. The summed E-state index contributed by atoms with van der Waals surface area (Å²) in [5, 5.41) is 11.5. The van der Waals surface area contributed by atoms with Crippen molar-refractivity contribution in [2.45, 2.75) is 5.51 Å². The molecule has 0 heterocycles. The number of aromatic carboxylic acids is 1. The van der Waals surface area contributed by atoms with Crippen LogP contribution in [0.15, 0.2) is 18.2 Å². The van der Waals surface area contributed by atoms with Crippen molar-refractivity contribution in [3.63, 3.8) is 0 Å². The summed E-state index contributed by atoms with van der Waals surface area (Å²) in [5.41, 5.74) is 1.72. The van der Waals surface area contributed by atoms with E-state index in [1.165, 1.54) is 18.2 Å². The summed E-state index contributed by atoms with van der Waals surface area (Å²) in [6, 6.07) is 4.09. The van der Waals surface area contributed by atoms with Gasteiger partial charge < -0.3 is 16.2 Å². The molecule has 18 heavy (non-hydrogen) atoms. The molecular formula is C10H11F3N2O2S. The number of hydrogen-bond acceptors (Lipinski definition) is 4. The highest BCUT2D eigenvalue weighted by atomic mass is 32.2. The van der Waals surface area contributed by atoms with Crippen LogP contribution < -0.4 is 11.1 Å². The average Bonchev–Trinajstić information content (AvgIpc) is 2.22. The van der Waals surface area contributed by atoms with Crippen molar-refractivity contribution in [1.29, 1.82) is 0 Å². The maximum absolute atomic E-state index is 11.9. The SMILES string of the molecule is Nc1ccc(C(=O)O)c(NCCSC(F)(F)F)c1. The van der Waals surface area contributed by atoms with Crippen molar-refractivity contribution in [1.82, 2.24) is 0 Å². The van der Waals surface area contributed by atoms with Crippen LogP contribution in [0.5, 0.6) is 0 Å². The molecule has 0 bridgehead atoms. The Kier molecular flexibility index (Phi) is 4.71. The lowest BCUT2D eigenvalue weighted by atomic mass is 10.1. The molecule has 1 aromatic carbocycles. The molecule has 0 aromatic heterocycles. The van der Waals surface area contributed by atoms with E-state index < -0.39 is 11.5 Å². The molecular weight excluding hydrogens is 269 g/mol. The monoisotopic (exact) mass is 280 g/mol. The van der Waals surface area contributed by atoms with Gasteiger partial charge in [0.05, 0.1) is 11.3 Å². The van der Waals surface area contributed by atoms with E-state index >= 15 is 0 Å². The van der Waals surface area contributed by atoms with E-state index in [4.69, 9.17) is 10.8 Å². The molecule has 0 fully saturated rings. The van der Waals surface area contributed by atoms with E-state index in [1.54, 1.807) is 0 Å². The van der Waals surface area contributed by atoms with E-state index in [0.29, 0.717) is 5.69 Å². The topological polar surface area (TPSA) is 75.4 Å². The van der Waals surface area contributed by atoms with Crippen LogP contribution in [0.2, 0.25) is 0 Å². The van der Waals surface area contributed by atoms with Gasteiger partial charge in [-0.2, -0.15) is 13.2 Å². The van der Waals surface area contributed by atoms with Crippen LogP contribution in [0, 0.1) is 0 Å². The fourth-order valence-electron chi connectivity index (χ4n) is 1.25. The van der Waals surface area contributed by atoms with E-state index in [0.717, 1.165) is 0 Å². The smallest absolute Gasteiger partial charge is 0.441 e. The maximum Gasteiger partial charge on any atom is 0.441 e. The molecule has 0 aliphatic rings. The third-order valence-corrected chi connectivity index (χ3v) is 2.69. The lowest BCUT2D eigenvalue weighted by Gasteiger charge is -2.11. The number of benzene rings is 1. The Bertz CT molecular complexity index is 438. The molecule has 0 aliphatic heterocycles. The Labute approximate surface area is 105 Å². The molecule has 0 atom stereocenters. The van der Waals surface area contributed by atoms with Crippen molar-refractivity contribution in [3.8, 4) is 0 Å². The van der Waals surface area contributed by atoms with Gasteiger partial charge in [-0.25, -0.2) is 4.79 Å². The number of rotatable bonds is 5. The average molecular weight is 280 g/mol. The van der Waals surface area contributed by atoms with E-state index in [9.17, 15) is 18.0 Å². The van der Waals surface area contributed by atoms with Crippen LogP contribution in [0.3, 0.4) is 0 Å². The van der Waals surface area contributed by atoms with Gasteiger partial charge in [-0.15, -0.1) is 0 Å². The fourth-order valence-corrected chi connectivity index (χ4v) is 1.68. The van der Waals surface area contributed by atoms with Crippen LogP contribution in [-0.4, -0.2) is 28.9 Å². The molecule has 4 N–H and O–H groups in total. The number of nitrogen functional groups attached to an aromatic ring is 1. The minimum Gasteiger partial charge on any atom is -0.478 e. The third kappa shape index (κ3) is 4.74. The number of alkyl halides is 3. The zero-order valence-corrected chi connectivity index (χ0v) is 9.94. The molecule has 1 rings (SSSR count). The number of halogens is 3. The molecule has 0 radical (unpaired) electrons. The molecule has 0 aliphatic carbocycles. The second-order valence-corrected chi connectivity index (χ2v) is 4.49. The first-order chi connectivity index (χ1) is 8.29. The first-order valence-electron chi connectivity index (χ1n) is 4.87. The highest BCUT2D eigenvalue weighted by Gasteiger charge is 2.27. The van der Waals surface area contributed by atoms with Gasteiger partial charge >= 0.3 is 11.5 Å². The molecule has 0 amide bonds. The van der Waals surface area contributed by atoms with Gasteiger partial charge in [0, 0.05) is 18.0 Å². The zero-order valence-electron chi connectivity index (χ0n) is 9.12. The van der Waals surface area contributed by atoms with Gasteiger partial charge in [0.1, 0.15) is 0 Å². The Morgan fingerprint density at radius 1 is 1.44 bits per heavy atom. The minimum absolute atomic E-state index is 0.00604. The number of nitrogens with one attached hydrogen (secondary N) is 1. The largest absolute Gasteiger partial charge is 0.478 e. The Balaban J connectivity index is 2.61. The minimum atomic E-state index is -4.28.